The number of aliphatic hydroxyl groups is 1. The number of rotatable bonds is 8. The number of benzene rings is 2. The maximum absolute atomic E-state index is 13.3. The Hall–Kier alpha value is -2.81. The van der Waals surface area contributed by atoms with Gasteiger partial charge in [-0.25, -0.2) is 22.9 Å². The van der Waals surface area contributed by atoms with Gasteiger partial charge in [0.25, 0.3) is 0 Å². The largest absolute Gasteiger partial charge is 0.477 e. The number of aliphatic hydroxyl groups excluding tert-OH is 1. The maximum atomic E-state index is 13.3. The molecule has 0 spiro atoms. The van der Waals surface area contributed by atoms with Crippen LogP contribution in [0.1, 0.15) is 25.3 Å². The number of pyridine rings is 1. The van der Waals surface area contributed by atoms with Gasteiger partial charge >= 0.3 is 0 Å². The minimum atomic E-state index is -3.82. The van der Waals surface area contributed by atoms with Crippen molar-refractivity contribution in [2.75, 3.05) is 6.61 Å². The summed E-state index contributed by atoms with van der Waals surface area (Å²) in [5.41, 5.74) is 3.02. The molecule has 30 heavy (non-hydrogen) atoms. The quantitative estimate of drug-likeness (QED) is 0.528. The third kappa shape index (κ3) is 5.02. The summed E-state index contributed by atoms with van der Waals surface area (Å²) in [6.45, 7) is 2.16. The smallest absolute Gasteiger partial charge is 0.238 e. The van der Waals surface area contributed by atoms with Crippen LogP contribution in [0, 0.1) is 5.82 Å². The molecule has 0 aliphatic heterocycles. The van der Waals surface area contributed by atoms with Crippen LogP contribution in [0.5, 0.6) is 5.88 Å². The van der Waals surface area contributed by atoms with Crippen LogP contribution >= 0.6 is 0 Å². The number of nitrogens with zero attached hydrogens (tertiary/aromatic N) is 1. The Labute approximate surface area is 175 Å². The zero-order valence-electron chi connectivity index (χ0n) is 16.5. The molecule has 0 saturated carbocycles. The van der Waals surface area contributed by atoms with Crippen LogP contribution in [-0.4, -0.2) is 25.1 Å². The van der Waals surface area contributed by atoms with E-state index in [-0.39, 0.29) is 17.3 Å². The van der Waals surface area contributed by atoms with Gasteiger partial charge in [0.1, 0.15) is 5.82 Å². The first kappa shape index (κ1) is 21.9. The number of hydrogen-bond donors (Lipinski definition) is 2. The second kappa shape index (κ2) is 9.34. The van der Waals surface area contributed by atoms with Gasteiger partial charge in [0.05, 0.1) is 23.8 Å². The number of unbranched alkanes of at least 4 members (excludes halogenated alkanes) is 1. The average Bonchev–Trinajstić information content (AvgIpc) is 2.73. The summed E-state index contributed by atoms with van der Waals surface area (Å²) in [5, 5.41) is 15.2. The molecule has 0 bridgehead atoms. The van der Waals surface area contributed by atoms with Gasteiger partial charge in [0.15, 0.2) is 0 Å². The monoisotopic (exact) mass is 430 g/mol. The molecule has 8 heteroatoms. The SMILES string of the molecule is CCCCOc1nc(-c2ccc(F)cc2)cc(-c2ccc(S(N)(=O)=O)cc2)c1CO. The summed E-state index contributed by atoms with van der Waals surface area (Å²) < 4.78 is 42.3. The Bertz CT molecular complexity index is 1120. The third-order valence-corrected chi connectivity index (χ3v) is 5.54. The number of sulfonamides is 1. The number of ether oxygens (including phenoxy) is 1. The molecule has 3 aromatic rings. The highest BCUT2D eigenvalue weighted by Crippen LogP contribution is 2.34. The number of primary sulfonamides is 1. The molecule has 3 N–H and O–H groups in total. The second-order valence-electron chi connectivity index (χ2n) is 6.78. The molecule has 0 unspecified atom stereocenters. The lowest BCUT2D eigenvalue weighted by atomic mass is 9.98. The van der Waals surface area contributed by atoms with E-state index in [1.807, 2.05) is 6.92 Å². The Kier molecular flexibility index (Phi) is 6.81. The van der Waals surface area contributed by atoms with E-state index in [0.717, 1.165) is 12.8 Å². The van der Waals surface area contributed by atoms with Crippen LogP contribution in [0.25, 0.3) is 22.4 Å². The Balaban J connectivity index is 2.14. The van der Waals surface area contributed by atoms with Crippen molar-refractivity contribution < 1.29 is 22.7 Å². The van der Waals surface area contributed by atoms with Crippen molar-refractivity contribution in [3.05, 3.63) is 66.0 Å². The van der Waals surface area contributed by atoms with E-state index in [1.165, 1.54) is 24.3 Å². The fourth-order valence-electron chi connectivity index (χ4n) is 2.98. The summed E-state index contributed by atoms with van der Waals surface area (Å²) in [4.78, 5) is 4.53. The van der Waals surface area contributed by atoms with Crippen LogP contribution < -0.4 is 9.88 Å². The van der Waals surface area contributed by atoms with Crippen molar-refractivity contribution in [1.29, 1.82) is 0 Å². The van der Waals surface area contributed by atoms with E-state index in [2.05, 4.69) is 4.98 Å². The van der Waals surface area contributed by atoms with Crippen molar-refractivity contribution >= 4 is 10.0 Å². The molecule has 1 heterocycles. The predicted molar refractivity (Wildman–Crippen MR) is 113 cm³/mol. The Morgan fingerprint density at radius 1 is 1.07 bits per heavy atom. The molecule has 3 rings (SSSR count). The van der Waals surface area contributed by atoms with Crippen LogP contribution in [0.3, 0.4) is 0 Å². The van der Waals surface area contributed by atoms with Crippen LogP contribution in [0.2, 0.25) is 0 Å². The van der Waals surface area contributed by atoms with Crippen LogP contribution in [0.15, 0.2) is 59.5 Å². The number of nitrogens with two attached hydrogens (primary N) is 1. The zero-order chi connectivity index (χ0) is 21.7. The van der Waals surface area contributed by atoms with E-state index in [1.54, 1.807) is 30.3 Å². The van der Waals surface area contributed by atoms with Gasteiger partial charge in [0.2, 0.25) is 15.9 Å². The predicted octanol–water partition coefficient (Wildman–Crippen LogP) is 3.87. The number of hydrogen-bond acceptors (Lipinski definition) is 5. The fraction of sp³-hybridized carbons (Fsp3) is 0.227. The molecule has 0 fully saturated rings. The van der Waals surface area contributed by atoms with Gasteiger partial charge in [-0.15, -0.1) is 0 Å². The van der Waals surface area contributed by atoms with Gasteiger partial charge in [-0.1, -0.05) is 25.5 Å². The molecule has 0 aliphatic rings. The number of aromatic nitrogens is 1. The molecule has 0 saturated heterocycles. The summed E-state index contributed by atoms with van der Waals surface area (Å²) in [5.74, 6) is -0.0674. The van der Waals surface area contributed by atoms with E-state index < -0.39 is 10.0 Å². The van der Waals surface area contributed by atoms with Crippen molar-refractivity contribution in [3.8, 4) is 28.3 Å². The third-order valence-electron chi connectivity index (χ3n) is 4.61. The first-order valence-corrected chi connectivity index (χ1v) is 11.0. The lowest BCUT2D eigenvalue weighted by molar-refractivity contribution is 0.256. The van der Waals surface area contributed by atoms with Gasteiger partial charge in [-0.2, -0.15) is 0 Å². The van der Waals surface area contributed by atoms with Crippen molar-refractivity contribution in [2.24, 2.45) is 5.14 Å². The molecule has 6 nitrogen and oxygen atoms in total. The van der Waals surface area contributed by atoms with Crippen molar-refractivity contribution in [3.63, 3.8) is 0 Å². The molecule has 1 aromatic heterocycles. The summed E-state index contributed by atoms with van der Waals surface area (Å²) in [6.07, 6.45) is 1.76. The first-order chi connectivity index (χ1) is 14.3. The highest BCUT2D eigenvalue weighted by molar-refractivity contribution is 7.89. The number of halogens is 1. The standard InChI is InChI=1S/C22H23FN2O4S/c1-2-3-12-29-22-20(14-26)19(15-6-10-18(11-7-15)30(24,27)28)13-21(25-22)16-4-8-17(23)9-5-16/h4-11,13,26H,2-3,12,14H2,1H3,(H2,24,27,28). The lowest BCUT2D eigenvalue weighted by Gasteiger charge is -2.16. The Morgan fingerprint density at radius 2 is 1.70 bits per heavy atom. The van der Waals surface area contributed by atoms with E-state index in [4.69, 9.17) is 9.88 Å². The van der Waals surface area contributed by atoms with E-state index >= 15 is 0 Å². The lowest BCUT2D eigenvalue weighted by Crippen LogP contribution is -2.11. The Morgan fingerprint density at radius 3 is 2.27 bits per heavy atom. The molecule has 158 valence electrons. The highest BCUT2D eigenvalue weighted by atomic mass is 32.2. The van der Waals surface area contributed by atoms with Crippen molar-refractivity contribution in [1.82, 2.24) is 4.98 Å². The molecular weight excluding hydrogens is 407 g/mol. The molecule has 2 aromatic carbocycles. The summed E-state index contributed by atoms with van der Waals surface area (Å²) >= 11 is 0. The second-order valence-corrected chi connectivity index (χ2v) is 8.34. The molecule has 0 radical (unpaired) electrons. The highest BCUT2D eigenvalue weighted by Gasteiger charge is 2.17. The minimum absolute atomic E-state index is 0.0102. The maximum Gasteiger partial charge on any atom is 0.238 e. The summed E-state index contributed by atoms with van der Waals surface area (Å²) in [7, 11) is -3.82. The van der Waals surface area contributed by atoms with Gasteiger partial charge in [-0.05, 0) is 60.0 Å². The summed E-state index contributed by atoms with van der Waals surface area (Å²) in [6, 6.07) is 13.7. The van der Waals surface area contributed by atoms with Gasteiger partial charge < -0.3 is 9.84 Å². The van der Waals surface area contributed by atoms with Gasteiger partial charge in [0, 0.05) is 11.1 Å². The van der Waals surface area contributed by atoms with Crippen molar-refractivity contribution in [2.45, 2.75) is 31.3 Å². The van der Waals surface area contributed by atoms with Gasteiger partial charge in [-0.3, -0.25) is 0 Å². The molecular formula is C22H23FN2O4S. The minimum Gasteiger partial charge on any atom is -0.477 e. The molecule has 0 aliphatic carbocycles. The zero-order valence-corrected chi connectivity index (χ0v) is 17.3. The first-order valence-electron chi connectivity index (χ1n) is 9.50. The topological polar surface area (TPSA) is 103 Å². The van der Waals surface area contributed by atoms with Crippen LogP contribution in [-0.2, 0) is 16.6 Å². The average molecular weight is 431 g/mol. The molecule has 0 amide bonds. The normalized spacial score (nSPS) is 11.5. The van der Waals surface area contributed by atoms with Crippen LogP contribution in [0.4, 0.5) is 4.39 Å². The van der Waals surface area contributed by atoms with E-state index in [9.17, 15) is 17.9 Å². The van der Waals surface area contributed by atoms with E-state index in [0.29, 0.717) is 40.4 Å². The molecule has 0 atom stereocenters. The fourth-order valence-corrected chi connectivity index (χ4v) is 3.50.